The van der Waals surface area contributed by atoms with E-state index in [9.17, 15) is 28.2 Å². The SMILES string of the molecule is CCCCCCCCCCCCCCCC/C(C(=O)O)=C(\CCCS(=O)(=O)O)C(=O)O.[H-].[Na+]. The second-order valence-corrected chi connectivity index (χ2v) is 9.88. The van der Waals surface area contributed by atoms with E-state index in [1.54, 1.807) is 0 Å². The van der Waals surface area contributed by atoms with Crippen LogP contribution in [-0.4, -0.2) is 40.9 Å². The quantitative estimate of drug-likeness (QED) is 0.0984. The molecule has 3 N–H and O–H groups in total. The van der Waals surface area contributed by atoms with E-state index in [0.717, 1.165) is 19.3 Å². The zero-order valence-corrected chi connectivity index (χ0v) is 22.9. The first-order chi connectivity index (χ1) is 14.7. The number of hydrogen-bond acceptors (Lipinski definition) is 4. The molecule has 7 nitrogen and oxygen atoms in total. The Hall–Kier alpha value is -0.410. The Morgan fingerprint density at radius 2 is 0.938 bits per heavy atom. The van der Waals surface area contributed by atoms with Crippen molar-refractivity contribution in [1.82, 2.24) is 0 Å². The van der Waals surface area contributed by atoms with E-state index in [0.29, 0.717) is 6.42 Å². The Morgan fingerprint density at radius 3 is 1.25 bits per heavy atom. The minimum atomic E-state index is -4.20. The van der Waals surface area contributed by atoms with E-state index < -0.39 is 27.8 Å². The van der Waals surface area contributed by atoms with E-state index in [-0.39, 0.29) is 61.4 Å². The maximum absolute atomic E-state index is 11.5. The molecule has 0 saturated carbocycles. The standard InChI is InChI=1S/C23H42O7S.Na.H/c1-2-3-4-5-6-7-8-9-10-11-12-13-14-15-17-20(22(24)25)21(23(26)27)18-16-19-31(28,29)30;;/h2-19H2,1H3,(H,24,25)(H,26,27)(H,28,29,30);;/q;+1;-1/b21-20-;;. The van der Waals surface area contributed by atoms with Gasteiger partial charge < -0.3 is 11.6 Å². The third-order valence-corrected chi connectivity index (χ3v) is 6.29. The summed E-state index contributed by atoms with van der Waals surface area (Å²) in [5.41, 5.74) is -0.437. The molecule has 0 aliphatic carbocycles. The van der Waals surface area contributed by atoms with Crippen LogP contribution in [0.1, 0.15) is 118 Å². The summed E-state index contributed by atoms with van der Waals surface area (Å²) in [7, 11) is -4.20. The summed E-state index contributed by atoms with van der Waals surface area (Å²) in [5, 5.41) is 18.7. The minimum Gasteiger partial charge on any atom is -1.00 e. The number of unbranched alkanes of at least 4 members (excludes halogenated alkanes) is 13. The van der Waals surface area contributed by atoms with E-state index in [1.807, 2.05) is 0 Å². The van der Waals surface area contributed by atoms with Crippen molar-refractivity contribution in [1.29, 1.82) is 0 Å². The van der Waals surface area contributed by atoms with Crippen LogP contribution in [0.5, 0.6) is 0 Å². The molecule has 9 heteroatoms. The molecule has 0 spiro atoms. The normalized spacial score (nSPS) is 12.2. The van der Waals surface area contributed by atoms with Crippen LogP contribution < -0.4 is 29.6 Å². The van der Waals surface area contributed by atoms with Crippen molar-refractivity contribution >= 4 is 22.1 Å². The molecule has 0 heterocycles. The van der Waals surface area contributed by atoms with E-state index >= 15 is 0 Å². The van der Waals surface area contributed by atoms with Gasteiger partial charge in [0.1, 0.15) is 0 Å². The monoisotopic (exact) mass is 486 g/mol. The third kappa shape index (κ3) is 20.2. The molecule has 0 bridgehead atoms. The number of carboxylic acids is 2. The molecular formula is C23H43NaO7S. The molecule has 0 radical (unpaired) electrons. The summed E-state index contributed by atoms with van der Waals surface area (Å²) in [6.07, 6.45) is 16.3. The molecule has 32 heavy (non-hydrogen) atoms. The first-order valence-electron chi connectivity index (χ1n) is 11.8. The predicted octanol–water partition coefficient (Wildman–Crippen LogP) is 3.11. The van der Waals surface area contributed by atoms with Gasteiger partial charge in [-0.25, -0.2) is 9.59 Å². The molecule has 0 aromatic heterocycles. The number of carboxylic acid groups (broad SMARTS) is 2. The fourth-order valence-electron chi connectivity index (χ4n) is 3.70. The van der Waals surface area contributed by atoms with E-state index in [4.69, 9.17) is 4.55 Å². The summed E-state index contributed by atoms with van der Waals surface area (Å²) >= 11 is 0. The molecule has 0 unspecified atom stereocenters. The van der Waals surface area contributed by atoms with Gasteiger partial charge in [0.05, 0.1) is 5.75 Å². The van der Waals surface area contributed by atoms with Crippen LogP contribution in [0, 0.1) is 0 Å². The Morgan fingerprint density at radius 1 is 0.625 bits per heavy atom. The van der Waals surface area contributed by atoms with Gasteiger partial charge in [-0.05, 0) is 25.7 Å². The van der Waals surface area contributed by atoms with Gasteiger partial charge in [0.15, 0.2) is 0 Å². The van der Waals surface area contributed by atoms with Crippen LogP contribution in [0.3, 0.4) is 0 Å². The average molecular weight is 487 g/mol. The van der Waals surface area contributed by atoms with Crippen LogP contribution in [0.2, 0.25) is 0 Å². The molecule has 184 valence electrons. The zero-order valence-electron chi connectivity index (χ0n) is 21.1. The maximum atomic E-state index is 11.5. The number of carbonyl (C=O) groups is 2. The zero-order chi connectivity index (χ0) is 23.5. The average Bonchev–Trinajstić information content (AvgIpc) is 2.68. The van der Waals surface area contributed by atoms with Gasteiger partial charge in [-0.1, -0.05) is 90.4 Å². The Kier molecular flexibility index (Phi) is 22.3. The van der Waals surface area contributed by atoms with Crippen LogP contribution in [0.25, 0.3) is 0 Å². The number of rotatable bonds is 21. The molecule has 0 amide bonds. The van der Waals surface area contributed by atoms with Crippen molar-refractivity contribution in [3.63, 3.8) is 0 Å². The first-order valence-corrected chi connectivity index (χ1v) is 13.4. The molecule has 0 fully saturated rings. The fraction of sp³-hybridized carbons (Fsp3) is 0.826. The van der Waals surface area contributed by atoms with Crippen LogP contribution in [-0.2, 0) is 19.7 Å². The van der Waals surface area contributed by atoms with Crippen molar-refractivity contribution in [2.75, 3.05) is 5.75 Å². The Labute approximate surface area is 218 Å². The van der Waals surface area contributed by atoms with Gasteiger partial charge in [0, 0.05) is 11.1 Å². The molecular weight excluding hydrogens is 443 g/mol. The summed E-state index contributed by atoms with van der Waals surface area (Å²) in [6.45, 7) is 2.23. The topological polar surface area (TPSA) is 129 Å². The molecule has 0 aromatic rings. The molecule has 0 aliphatic heterocycles. The van der Waals surface area contributed by atoms with Gasteiger partial charge in [0.2, 0.25) is 0 Å². The van der Waals surface area contributed by atoms with Crippen molar-refractivity contribution in [3.05, 3.63) is 11.1 Å². The second kappa shape index (κ2) is 21.1. The molecule has 0 saturated heterocycles. The first kappa shape index (κ1) is 33.8. The van der Waals surface area contributed by atoms with Gasteiger partial charge in [0.25, 0.3) is 10.1 Å². The maximum Gasteiger partial charge on any atom is 1.00 e. The molecule has 0 rings (SSSR count). The summed E-state index contributed by atoms with van der Waals surface area (Å²) in [4.78, 5) is 22.9. The predicted molar refractivity (Wildman–Crippen MR) is 124 cm³/mol. The minimum absolute atomic E-state index is 0. The Bertz CT molecular complexity index is 651. The molecule has 0 atom stereocenters. The smallest absolute Gasteiger partial charge is 1.00 e. The van der Waals surface area contributed by atoms with Crippen LogP contribution >= 0.6 is 0 Å². The van der Waals surface area contributed by atoms with E-state index in [2.05, 4.69) is 6.92 Å². The summed E-state index contributed by atoms with van der Waals surface area (Å²) < 4.78 is 30.3. The van der Waals surface area contributed by atoms with Crippen LogP contribution in [0.4, 0.5) is 0 Å². The van der Waals surface area contributed by atoms with Gasteiger partial charge in [-0.3, -0.25) is 4.55 Å². The van der Waals surface area contributed by atoms with Crippen molar-refractivity contribution in [3.8, 4) is 0 Å². The van der Waals surface area contributed by atoms with E-state index in [1.165, 1.54) is 64.2 Å². The van der Waals surface area contributed by atoms with Gasteiger partial charge >= 0.3 is 41.5 Å². The van der Waals surface area contributed by atoms with Gasteiger partial charge in [-0.2, -0.15) is 8.42 Å². The largest absolute Gasteiger partial charge is 1.00 e. The second-order valence-electron chi connectivity index (χ2n) is 8.30. The molecule has 0 aromatic carbocycles. The summed E-state index contributed by atoms with van der Waals surface area (Å²) in [6, 6.07) is 0. The number of hydrogen-bond donors (Lipinski definition) is 3. The third-order valence-electron chi connectivity index (χ3n) is 5.49. The summed E-state index contributed by atoms with van der Waals surface area (Å²) in [5.74, 6) is -3.22. The van der Waals surface area contributed by atoms with Crippen molar-refractivity contribution in [2.45, 2.75) is 116 Å². The van der Waals surface area contributed by atoms with Crippen molar-refractivity contribution < 1.29 is 63.8 Å². The van der Waals surface area contributed by atoms with Crippen LogP contribution in [0.15, 0.2) is 11.1 Å². The van der Waals surface area contributed by atoms with Gasteiger partial charge in [-0.15, -0.1) is 0 Å². The fourth-order valence-corrected chi connectivity index (χ4v) is 4.21. The van der Waals surface area contributed by atoms with Crippen molar-refractivity contribution in [2.24, 2.45) is 0 Å². The number of aliphatic carboxylic acids is 2. The Balaban J connectivity index is -0.00000450. The molecule has 0 aliphatic rings.